The highest BCUT2D eigenvalue weighted by Crippen LogP contribution is 2.21. The second-order valence-electron chi connectivity index (χ2n) is 7.29. The molecule has 0 spiro atoms. The molecule has 1 aromatic carbocycles. The van der Waals surface area contributed by atoms with Crippen LogP contribution in [0.15, 0.2) is 36.7 Å². The van der Waals surface area contributed by atoms with Crippen LogP contribution in [0.2, 0.25) is 0 Å². The number of rotatable bonds is 4. The molecule has 3 heterocycles. The van der Waals surface area contributed by atoms with Gasteiger partial charge in [-0.2, -0.15) is 5.26 Å². The number of benzene rings is 1. The highest BCUT2D eigenvalue weighted by atomic mass is 16.2. The summed E-state index contributed by atoms with van der Waals surface area (Å²) in [6.07, 6.45) is 5.56. The van der Waals surface area contributed by atoms with Crippen LogP contribution in [0, 0.1) is 17.2 Å². The number of imidazole rings is 1. The number of hydrogen-bond donors (Lipinski definition) is 0. The standard InChI is InChI=1S/C20H23N5O/c21-10-16-3-1-4-17(9-16)11-23-12-18(14-25-7-2-5-20(25)26)13-24-8-6-22-19(24)15-23/h1,3-4,6,8-9,18H,2,5,7,11-15H2/t18-/m0/s1. The highest BCUT2D eigenvalue weighted by Gasteiger charge is 2.27. The van der Waals surface area contributed by atoms with E-state index in [0.717, 1.165) is 57.1 Å². The van der Waals surface area contributed by atoms with E-state index in [1.54, 1.807) is 0 Å². The maximum Gasteiger partial charge on any atom is 0.222 e. The first-order valence-electron chi connectivity index (χ1n) is 9.20. The topological polar surface area (TPSA) is 65.2 Å². The summed E-state index contributed by atoms with van der Waals surface area (Å²) in [5, 5.41) is 9.13. The summed E-state index contributed by atoms with van der Waals surface area (Å²) in [5.41, 5.74) is 1.83. The van der Waals surface area contributed by atoms with Gasteiger partial charge >= 0.3 is 0 Å². The van der Waals surface area contributed by atoms with Crippen LogP contribution in [-0.2, 0) is 24.4 Å². The van der Waals surface area contributed by atoms with Gasteiger partial charge in [-0.25, -0.2) is 4.98 Å². The molecule has 0 unspecified atom stereocenters. The Hall–Kier alpha value is -2.65. The van der Waals surface area contributed by atoms with E-state index >= 15 is 0 Å². The Labute approximate surface area is 153 Å². The van der Waals surface area contributed by atoms with Crippen molar-refractivity contribution in [2.24, 2.45) is 5.92 Å². The molecule has 2 aromatic rings. The van der Waals surface area contributed by atoms with Gasteiger partial charge in [0, 0.05) is 57.5 Å². The maximum absolute atomic E-state index is 12.0. The zero-order valence-corrected chi connectivity index (χ0v) is 14.8. The smallest absolute Gasteiger partial charge is 0.222 e. The van der Waals surface area contributed by atoms with Crippen molar-refractivity contribution in [2.45, 2.75) is 32.5 Å². The lowest BCUT2D eigenvalue weighted by atomic mass is 10.1. The van der Waals surface area contributed by atoms with Crippen molar-refractivity contribution in [1.29, 1.82) is 5.26 Å². The summed E-state index contributed by atoms with van der Waals surface area (Å²) in [6, 6.07) is 10.0. The third kappa shape index (κ3) is 3.63. The zero-order valence-electron chi connectivity index (χ0n) is 14.8. The van der Waals surface area contributed by atoms with Gasteiger partial charge in [-0.3, -0.25) is 9.69 Å². The second-order valence-corrected chi connectivity index (χ2v) is 7.29. The first-order valence-corrected chi connectivity index (χ1v) is 9.20. The van der Waals surface area contributed by atoms with E-state index in [1.165, 1.54) is 0 Å². The number of hydrogen-bond acceptors (Lipinski definition) is 4. The molecule has 0 N–H and O–H groups in total. The van der Waals surface area contributed by atoms with Gasteiger partial charge in [-0.15, -0.1) is 0 Å². The summed E-state index contributed by atoms with van der Waals surface area (Å²) in [4.78, 5) is 20.9. The number of likely N-dealkylation sites (tertiary alicyclic amines) is 1. The number of aromatic nitrogens is 2. The lowest BCUT2D eigenvalue weighted by Gasteiger charge is -2.27. The van der Waals surface area contributed by atoms with Crippen molar-refractivity contribution < 1.29 is 4.79 Å². The molecule has 2 aliphatic heterocycles. The lowest BCUT2D eigenvalue weighted by molar-refractivity contribution is -0.128. The molecule has 1 fully saturated rings. The quantitative estimate of drug-likeness (QED) is 0.847. The van der Waals surface area contributed by atoms with Crippen LogP contribution in [0.4, 0.5) is 0 Å². The minimum atomic E-state index is 0.286. The van der Waals surface area contributed by atoms with E-state index in [-0.39, 0.29) is 5.91 Å². The Morgan fingerprint density at radius 2 is 2.23 bits per heavy atom. The van der Waals surface area contributed by atoms with Gasteiger partial charge in [0.2, 0.25) is 5.91 Å². The van der Waals surface area contributed by atoms with Crippen molar-refractivity contribution in [3.63, 3.8) is 0 Å². The third-order valence-electron chi connectivity index (χ3n) is 5.25. The average molecular weight is 349 g/mol. The van der Waals surface area contributed by atoms with Crippen LogP contribution in [-0.4, -0.2) is 44.9 Å². The molecular weight excluding hydrogens is 326 g/mol. The molecule has 1 saturated heterocycles. The number of carbonyl (C=O) groups excluding carboxylic acids is 1. The van der Waals surface area contributed by atoms with E-state index in [0.29, 0.717) is 17.9 Å². The number of carbonyl (C=O) groups is 1. The Balaban J connectivity index is 1.52. The summed E-state index contributed by atoms with van der Waals surface area (Å²) >= 11 is 0. The summed E-state index contributed by atoms with van der Waals surface area (Å²) in [7, 11) is 0. The fraction of sp³-hybridized carbons (Fsp3) is 0.450. The fourth-order valence-corrected chi connectivity index (χ4v) is 4.07. The fourth-order valence-electron chi connectivity index (χ4n) is 4.07. The molecule has 0 saturated carbocycles. The molecule has 1 aromatic heterocycles. The monoisotopic (exact) mass is 349 g/mol. The van der Waals surface area contributed by atoms with Gasteiger partial charge in [0.1, 0.15) is 5.82 Å². The maximum atomic E-state index is 12.0. The zero-order chi connectivity index (χ0) is 17.9. The van der Waals surface area contributed by atoms with Crippen LogP contribution in [0.3, 0.4) is 0 Å². The number of nitriles is 1. The molecule has 0 bridgehead atoms. The molecule has 6 heteroatoms. The van der Waals surface area contributed by atoms with Crippen LogP contribution in [0.5, 0.6) is 0 Å². The largest absolute Gasteiger partial charge is 0.342 e. The SMILES string of the molecule is N#Cc1cccc(CN2Cc3nccn3C[C@@H](CN3CCCC3=O)C2)c1. The minimum Gasteiger partial charge on any atom is -0.342 e. The molecule has 1 atom stereocenters. The van der Waals surface area contributed by atoms with Crippen LogP contribution < -0.4 is 0 Å². The highest BCUT2D eigenvalue weighted by molar-refractivity contribution is 5.78. The van der Waals surface area contributed by atoms with Gasteiger partial charge in [-0.05, 0) is 24.1 Å². The number of nitrogens with zero attached hydrogens (tertiary/aromatic N) is 5. The number of fused-ring (bicyclic) bond motifs is 1. The summed E-state index contributed by atoms with van der Waals surface area (Å²) in [5.74, 6) is 1.73. The summed E-state index contributed by atoms with van der Waals surface area (Å²) < 4.78 is 2.22. The molecule has 0 radical (unpaired) electrons. The molecule has 1 amide bonds. The van der Waals surface area contributed by atoms with Crippen molar-refractivity contribution in [3.8, 4) is 6.07 Å². The summed E-state index contributed by atoms with van der Waals surface area (Å²) in [6.45, 7) is 5.08. The average Bonchev–Trinajstić information content (AvgIpc) is 3.20. The lowest BCUT2D eigenvalue weighted by Crippen LogP contribution is -2.37. The minimum absolute atomic E-state index is 0.286. The van der Waals surface area contributed by atoms with Crippen molar-refractivity contribution >= 4 is 5.91 Å². The Kier molecular flexibility index (Phi) is 4.72. The van der Waals surface area contributed by atoms with E-state index in [9.17, 15) is 4.79 Å². The van der Waals surface area contributed by atoms with Crippen LogP contribution >= 0.6 is 0 Å². The Bertz CT molecular complexity index is 837. The van der Waals surface area contributed by atoms with Gasteiger partial charge in [0.05, 0.1) is 18.2 Å². The molecular formula is C20H23N5O. The predicted octanol–water partition coefficient (Wildman–Crippen LogP) is 2.01. The van der Waals surface area contributed by atoms with E-state index < -0.39 is 0 Å². The van der Waals surface area contributed by atoms with Crippen molar-refractivity contribution in [1.82, 2.24) is 19.4 Å². The first-order chi connectivity index (χ1) is 12.7. The molecule has 4 rings (SSSR count). The molecule has 6 nitrogen and oxygen atoms in total. The van der Waals surface area contributed by atoms with Crippen LogP contribution in [0.25, 0.3) is 0 Å². The number of amides is 1. The Morgan fingerprint density at radius 1 is 1.31 bits per heavy atom. The normalized spacial score (nSPS) is 20.7. The third-order valence-corrected chi connectivity index (χ3v) is 5.25. The van der Waals surface area contributed by atoms with Crippen molar-refractivity contribution in [3.05, 3.63) is 53.6 Å². The first kappa shape index (κ1) is 16.8. The van der Waals surface area contributed by atoms with E-state index in [4.69, 9.17) is 5.26 Å². The van der Waals surface area contributed by atoms with Gasteiger partial charge in [0.15, 0.2) is 0 Å². The molecule has 0 aliphatic carbocycles. The van der Waals surface area contributed by atoms with Gasteiger partial charge in [-0.1, -0.05) is 12.1 Å². The van der Waals surface area contributed by atoms with Gasteiger partial charge in [0.25, 0.3) is 0 Å². The molecule has 2 aliphatic rings. The van der Waals surface area contributed by atoms with Gasteiger partial charge < -0.3 is 9.47 Å². The Morgan fingerprint density at radius 3 is 3.04 bits per heavy atom. The van der Waals surface area contributed by atoms with E-state index in [2.05, 4.69) is 26.6 Å². The van der Waals surface area contributed by atoms with Crippen LogP contribution in [0.1, 0.15) is 29.8 Å². The molecule has 26 heavy (non-hydrogen) atoms. The van der Waals surface area contributed by atoms with E-state index in [1.807, 2.05) is 35.5 Å². The second kappa shape index (κ2) is 7.30. The predicted molar refractivity (Wildman–Crippen MR) is 96.8 cm³/mol. The van der Waals surface area contributed by atoms with Crippen molar-refractivity contribution in [2.75, 3.05) is 19.6 Å². The molecule has 134 valence electrons.